The molecule has 0 aliphatic heterocycles. The fourth-order valence-electron chi connectivity index (χ4n) is 1.81. The number of hydrogen-bond donors (Lipinski definition) is 2. The van der Waals surface area contributed by atoms with Crippen molar-refractivity contribution in [2.75, 3.05) is 5.43 Å². The molecule has 0 unspecified atom stereocenters. The monoisotopic (exact) mass is 295 g/mol. The number of nitrogens with zero attached hydrogens (tertiary/aromatic N) is 3. The molecular formula is C12H11Cl2N5. The number of hydrogen-bond acceptors (Lipinski definition) is 5. The number of nitrogen functional groups attached to an aromatic ring is 1. The first-order chi connectivity index (χ1) is 9.17. The highest BCUT2D eigenvalue weighted by atomic mass is 35.5. The Hall–Kier alpha value is -1.43. The normalized spacial score (nSPS) is 14.5. The molecule has 19 heavy (non-hydrogen) atoms. The molecule has 1 saturated carbocycles. The zero-order valence-electron chi connectivity index (χ0n) is 9.90. The van der Waals surface area contributed by atoms with Crippen LogP contribution in [-0.2, 0) is 0 Å². The molecule has 1 aliphatic carbocycles. The van der Waals surface area contributed by atoms with Crippen LogP contribution in [0.15, 0.2) is 18.3 Å². The summed E-state index contributed by atoms with van der Waals surface area (Å²) in [6, 6.07) is 3.47. The van der Waals surface area contributed by atoms with Crippen LogP contribution in [0.25, 0.3) is 11.5 Å². The fourth-order valence-corrected chi connectivity index (χ4v) is 2.28. The van der Waals surface area contributed by atoms with Crippen molar-refractivity contribution in [3.63, 3.8) is 0 Å². The van der Waals surface area contributed by atoms with Gasteiger partial charge in [-0.1, -0.05) is 23.2 Å². The van der Waals surface area contributed by atoms with Crippen molar-refractivity contribution in [1.29, 1.82) is 0 Å². The molecule has 0 atom stereocenters. The molecular weight excluding hydrogens is 285 g/mol. The van der Waals surface area contributed by atoms with E-state index in [2.05, 4.69) is 20.4 Å². The quantitative estimate of drug-likeness (QED) is 0.672. The number of aromatic nitrogens is 3. The first-order valence-corrected chi connectivity index (χ1v) is 6.60. The standard InChI is InChI=1S/C12H11Cl2N5/c13-7-3-8(14)11(16-5-7)12-17-9(6-1-2-6)4-10(18-12)19-15/h3-6H,1-2,15H2,(H,17,18,19). The third-order valence-electron chi connectivity index (χ3n) is 2.91. The van der Waals surface area contributed by atoms with Crippen LogP contribution in [0.1, 0.15) is 24.5 Å². The van der Waals surface area contributed by atoms with Crippen molar-refractivity contribution < 1.29 is 0 Å². The fraction of sp³-hybridized carbons (Fsp3) is 0.250. The average Bonchev–Trinajstić information content (AvgIpc) is 3.22. The zero-order valence-corrected chi connectivity index (χ0v) is 11.4. The van der Waals surface area contributed by atoms with Gasteiger partial charge in [0.05, 0.1) is 10.0 Å². The van der Waals surface area contributed by atoms with Gasteiger partial charge in [-0.3, -0.25) is 0 Å². The number of halogens is 2. The van der Waals surface area contributed by atoms with Crippen molar-refractivity contribution in [3.8, 4) is 11.5 Å². The van der Waals surface area contributed by atoms with Crippen LogP contribution in [0.2, 0.25) is 10.0 Å². The molecule has 0 radical (unpaired) electrons. The SMILES string of the molecule is NNc1cc(C2CC2)nc(-c2ncc(Cl)cc2Cl)n1. The third kappa shape index (κ3) is 2.63. The van der Waals surface area contributed by atoms with E-state index >= 15 is 0 Å². The smallest absolute Gasteiger partial charge is 0.182 e. The van der Waals surface area contributed by atoms with E-state index in [1.54, 1.807) is 6.07 Å². The lowest BCUT2D eigenvalue weighted by atomic mass is 10.2. The van der Waals surface area contributed by atoms with Crippen LogP contribution >= 0.6 is 23.2 Å². The third-order valence-corrected chi connectivity index (χ3v) is 3.40. The summed E-state index contributed by atoms with van der Waals surface area (Å²) in [4.78, 5) is 13.0. The summed E-state index contributed by atoms with van der Waals surface area (Å²) in [5.41, 5.74) is 4.01. The predicted molar refractivity (Wildman–Crippen MR) is 75.1 cm³/mol. The van der Waals surface area contributed by atoms with Gasteiger partial charge in [-0.05, 0) is 18.9 Å². The van der Waals surface area contributed by atoms with E-state index < -0.39 is 0 Å². The summed E-state index contributed by atoms with van der Waals surface area (Å²) >= 11 is 12.0. The second-order valence-corrected chi connectivity index (χ2v) is 5.25. The van der Waals surface area contributed by atoms with Gasteiger partial charge < -0.3 is 5.43 Å². The molecule has 0 bridgehead atoms. The number of rotatable bonds is 3. The Morgan fingerprint density at radius 1 is 1.21 bits per heavy atom. The van der Waals surface area contributed by atoms with E-state index in [1.807, 2.05) is 6.07 Å². The average molecular weight is 296 g/mol. The first kappa shape index (κ1) is 12.6. The Morgan fingerprint density at radius 3 is 2.63 bits per heavy atom. The molecule has 1 aliphatic rings. The largest absolute Gasteiger partial charge is 0.308 e. The van der Waals surface area contributed by atoms with Crippen molar-refractivity contribution in [2.45, 2.75) is 18.8 Å². The second-order valence-electron chi connectivity index (χ2n) is 4.40. The maximum Gasteiger partial charge on any atom is 0.182 e. The molecule has 3 rings (SSSR count). The molecule has 0 amide bonds. The van der Waals surface area contributed by atoms with Crippen molar-refractivity contribution in [2.24, 2.45) is 5.84 Å². The first-order valence-electron chi connectivity index (χ1n) is 5.84. The minimum atomic E-state index is 0.420. The summed E-state index contributed by atoms with van der Waals surface area (Å²) in [5.74, 6) is 6.93. The van der Waals surface area contributed by atoms with Gasteiger partial charge in [0.2, 0.25) is 0 Å². The Labute approximate surface area is 120 Å². The molecule has 2 heterocycles. The van der Waals surface area contributed by atoms with E-state index in [4.69, 9.17) is 29.0 Å². The van der Waals surface area contributed by atoms with Crippen molar-refractivity contribution >= 4 is 29.0 Å². The summed E-state index contributed by atoms with van der Waals surface area (Å²) in [6.07, 6.45) is 3.80. The summed E-state index contributed by atoms with van der Waals surface area (Å²) in [5, 5.41) is 0.896. The van der Waals surface area contributed by atoms with E-state index in [0.717, 1.165) is 18.5 Å². The lowest BCUT2D eigenvalue weighted by molar-refractivity contribution is 0.984. The number of nitrogens with two attached hydrogens (primary N) is 1. The highest BCUT2D eigenvalue weighted by molar-refractivity contribution is 6.35. The van der Waals surface area contributed by atoms with Gasteiger partial charge in [-0.25, -0.2) is 20.8 Å². The van der Waals surface area contributed by atoms with Gasteiger partial charge in [0.25, 0.3) is 0 Å². The van der Waals surface area contributed by atoms with E-state index in [0.29, 0.717) is 33.3 Å². The van der Waals surface area contributed by atoms with Crippen LogP contribution in [-0.4, -0.2) is 15.0 Å². The molecule has 5 nitrogen and oxygen atoms in total. The van der Waals surface area contributed by atoms with Gasteiger partial charge >= 0.3 is 0 Å². The molecule has 0 aromatic carbocycles. The van der Waals surface area contributed by atoms with Gasteiger partial charge in [0, 0.05) is 23.9 Å². The van der Waals surface area contributed by atoms with Crippen molar-refractivity contribution in [1.82, 2.24) is 15.0 Å². The maximum atomic E-state index is 6.13. The molecule has 2 aromatic heterocycles. The lowest BCUT2D eigenvalue weighted by Crippen LogP contribution is -2.10. The Morgan fingerprint density at radius 2 is 2.00 bits per heavy atom. The molecule has 0 spiro atoms. The van der Waals surface area contributed by atoms with Gasteiger partial charge in [0.1, 0.15) is 11.5 Å². The molecule has 1 fully saturated rings. The number of nitrogens with one attached hydrogen (secondary N) is 1. The van der Waals surface area contributed by atoms with Crippen LogP contribution in [0.4, 0.5) is 5.82 Å². The lowest BCUT2D eigenvalue weighted by Gasteiger charge is -2.07. The highest BCUT2D eigenvalue weighted by Gasteiger charge is 2.26. The Kier molecular flexibility index (Phi) is 3.26. The predicted octanol–water partition coefficient (Wildman–Crippen LogP) is 3.01. The Bertz CT molecular complexity index is 628. The van der Waals surface area contributed by atoms with E-state index in [9.17, 15) is 0 Å². The van der Waals surface area contributed by atoms with Crippen LogP contribution in [0.3, 0.4) is 0 Å². The minimum Gasteiger partial charge on any atom is -0.308 e. The Balaban J connectivity index is 2.10. The van der Waals surface area contributed by atoms with Crippen LogP contribution in [0.5, 0.6) is 0 Å². The number of anilines is 1. The molecule has 7 heteroatoms. The number of hydrazine groups is 1. The molecule has 2 aromatic rings. The molecule has 3 N–H and O–H groups in total. The van der Waals surface area contributed by atoms with E-state index in [-0.39, 0.29) is 0 Å². The maximum absolute atomic E-state index is 6.13. The highest BCUT2D eigenvalue weighted by Crippen LogP contribution is 2.40. The summed E-state index contributed by atoms with van der Waals surface area (Å²) in [6.45, 7) is 0. The van der Waals surface area contributed by atoms with Gasteiger partial charge in [0.15, 0.2) is 5.82 Å². The topological polar surface area (TPSA) is 76.7 Å². The summed E-state index contributed by atoms with van der Waals surface area (Å²) in [7, 11) is 0. The van der Waals surface area contributed by atoms with Gasteiger partial charge in [-0.15, -0.1) is 0 Å². The minimum absolute atomic E-state index is 0.420. The van der Waals surface area contributed by atoms with Crippen molar-refractivity contribution in [3.05, 3.63) is 34.1 Å². The number of pyridine rings is 1. The molecule has 98 valence electrons. The van der Waals surface area contributed by atoms with Crippen LogP contribution in [0, 0.1) is 0 Å². The van der Waals surface area contributed by atoms with Crippen LogP contribution < -0.4 is 11.3 Å². The van der Waals surface area contributed by atoms with E-state index in [1.165, 1.54) is 6.20 Å². The van der Waals surface area contributed by atoms with Gasteiger partial charge in [-0.2, -0.15) is 0 Å². The second kappa shape index (κ2) is 4.92. The zero-order chi connectivity index (χ0) is 13.4. The summed E-state index contributed by atoms with van der Waals surface area (Å²) < 4.78 is 0. The molecule has 0 saturated heterocycles.